The highest BCUT2D eigenvalue weighted by atomic mass is 35.5. The van der Waals surface area contributed by atoms with E-state index in [9.17, 15) is 4.79 Å². The molecule has 0 heterocycles. The largest absolute Gasteiger partial charge is 0.396 e. The summed E-state index contributed by atoms with van der Waals surface area (Å²) in [5, 5.41) is 12.5. The number of aliphatic hydroxyl groups excluding tert-OH is 1. The Hall–Kier alpha value is -1.32. The first kappa shape index (κ1) is 15.7. The van der Waals surface area contributed by atoms with Gasteiger partial charge in [-0.1, -0.05) is 36.7 Å². The van der Waals surface area contributed by atoms with E-state index >= 15 is 0 Å². The highest BCUT2D eigenvalue weighted by molar-refractivity contribution is 6.32. The summed E-state index contributed by atoms with van der Waals surface area (Å²) < 4.78 is 0. The van der Waals surface area contributed by atoms with E-state index in [0.717, 1.165) is 12.0 Å². The van der Waals surface area contributed by atoms with E-state index in [1.165, 1.54) is 6.08 Å². The van der Waals surface area contributed by atoms with Crippen molar-refractivity contribution in [3.63, 3.8) is 0 Å². The van der Waals surface area contributed by atoms with Crippen LogP contribution in [0.15, 0.2) is 30.3 Å². The van der Waals surface area contributed by atoms with E-state index in [1.54, 1.807) is 12.1 Å². The fourth-order valence-corrected chi connectivity index (χ4v) is 1.89. The first-order valence-corrected chi connectivity index (χ1v) is 6.74. The molecule has 0 bridgehead atoms. The van der Waals surface area contributed by atoms with Gasteiger partial charge in [-0.2, -0.15) is 0 Å². The quantitative estimate of drug-likeness (QED) is 0.788. The van der Waals surface area contributed by atoms with E-state index in [2.05, 4.69) is 5.32 Å². The van der Waals surface area contributed by atoms with Crippen LogP contribution >= 0.6 is 11.6 Å². The van der Waals surface area contributed by atoms with Gasteiger partial charge >= 0.3 is 0 Å². The fourth-order valence-electron chi connectivity index (χ4n) is 1.69. The summed E-state index contributed by atoms with van der Waals surface area (Å²) in [6.45, 7) is 3.96. The van der Waals surface area contributed by atoms with Crippen molar-refractivity contribution < 1.29 is 9.90 Å². The van der Waals surface area contributed by atoms with Crippen LogP contribution in [0, 0.1) is 0 Å². The van der Waals surface area contributed by atoms with Crippen LogP contribution in [0.2, 0.25) is 5.02 Å². The van der Waals surface area contributed by atoms with Crippen LogP contribution in [-0.2, 0) is 4.79 Å². The van der Waals surface area contributed by atoms with Gasteiger partial charge in [0.2, 0.25) is 5.91 Å². The third-order valence-electron chi connectivity index (χ3n) is 3.19. The Balaban J connectivity index is 2.67. The van der Waals surface area contributed by atoms with Crippen molar-refractivity contribution in [3.05, 3.63) is 40.9 Å². The molecular formula is C15H20ClNO2. The summed E-state index contributed by atoms with van der Waals surface area (Å²) in [5.74, 6) is -0.183. The van der Waals surface area contributed by atoms with Gasteiger partial charge in [0, 0.05) is 23.2 Å². The fraction of sp³-hybridized carbons (Fsp3) is 0.400. The van der Waals surface area contributed by atoms with Crippen LogP contribution < -0.4 is 5.32 Å². The molecule has 0 fully saturated rings. The molecule has 0 spiro atoms. The molecule has 0 aliphatic heterocycles. The van der Waals surface area contributed by atoms with Gasteiger partial charge in [-0.3, -0.25) is 4.79 Å². The Morgan fingerprint density at radius 2 is 2.16 bits per heavy atom. The molecule has 1 aromatic carbocycles. The van der Waals surface area contributed by atoms with Gasteiger partial charge in [0.05, 0.1) is 0 Å². The van der Waals surface area contributed by atoms with Crippen molar-refractivity contribution in [1.29, 1.82) is 0 Å². The number of carbonyl (C=O) groups excluding carboxylic acids is 1. The Morgan fingerprint density at radius 3 is 2.74 bits per heavy atom. The summed E-state index contributed by atoms with van der Waals surface area (Å²) in [5.41, 5.74) is 0.427. The minimum Gasteiger partial charge on any atom is -0.396 e. The Kier molecular flexibility index (Phi) is 6.06. The van der Waals surface area contributed by atoms with Crippen molar-refractivity contribution in [3.8, 4) is 0 Å². The highest BCUT2D eigenvalue weighted by Crippen LogP contribution is 2.17. The lowest BCUT2D eigenvalue weighted by atomic mass is 9.95. The molecule has 1 unspecified atom stereocenters. The van der Waals surface area contributed by atoms with Crippen LogP contribution in [0.1, 0.15) is 32.3 Å². The van der Waals surface area contributed by atoms with Gasteiger partial charge in [0.15, 0.2) is 0 Å². The Bertz CT molecular complexity index is 459. The second-order valence-electron chi connectivity index (χ2n) is 4.73. The van der Waals surface area contributed by atoms with Crippen molar-refractivity contribution in [2.24, 2.45) is 0 Å². The average molecular weight is 282 g/mol. The molecule has 1 atom stereocenters. The number of amides is 1. The molecule has 0 radical (unpaired) electrons. The van der Waals surface area contributed by atoms with Gasteiger partial charge in [-0.05, 0) is 37.5 Å². The monoisotopic (exact) mass is 281 g/mol. The molecule has 3 nitrogen and oxygen atoms in total. The van der Waals surface area contributed by atoms with Crippen LogP contribution in [0.5, 0.6) is 0 Å². The molecule has 0 saturated heterocycles. The van der Waals surface area contributed by atoms with E-state index in [4.69, 9.17) is 16.7 Å². The number of nitrogens with one attached hydrogen (secondary N) is 1. The lowest BCUT2D eigenvalue weighted by Crippen LogP contribution is -2.45. The normalized spacial score (nSPS) is 14.3. The Labute approximate surface area is 119 Å². The first-order chi connectivity index (χ1) is 9.00. The van der Waals surface area contributed by atoms with Gasteiger partial charge in [0.25, 0.3) is 0 Å². The SMILES string of the molecule is CCC(C)(CCO)NC(=O)/C=C/c1ccccc1Cl. The lowest BCUT2D eigenvalue weighted by Gasteiger charge is -2.28. The second-order valence-corrected chi connectivity index (χ2v) is 5.14. The second kappa shape index (κ2) is 7.31. The number of rotatable bonds is 6. The van der Waals surface area contributed by atoms with E-state index in [0.29, 0.717) is 11.4 Å². The third-order valence-corrected chi connectivity index (χ3v) is 3.53. The lowest BCUT2D eigenvalue weighted by molar-refractivity contribution is -0.118. The third kappa shape index (κ3) is 5.05. The zero-order valence-electron chi connectivity index (χ0n) is 11.3. The molecule has 4 heteroatoms. The van der Waals surface area contributed by atoms with Crippen LogP contribution in [-0.4, -0.2) is 23.2 Å². The number of aliphatic hydroxyl groups is 1. The maximum atomic E-state index is 11.9. The van der Waals surface area contributed by atoms with Crippen molar-refractivity contribution in [2.75, 3.05) is 6.61 Å². The molecule has 0 aromatic heterocycles. The summed E-state index contributed by atoms with van der Waals surface area (Å²) >= 11 is 6.00. The predicted octanol–water partition coefficient (Wildman–Crippen LogP) is 3.02. The van der Waals surface area contributed by atoms with Gasteiger partial charge in [-0.25, -0.2) is 0 Å². The molecule has 0 saturated carbocycles. The number of carbonyl (C=O) groups is 1. The van der Waals surface area contributed by atoms with E-state index in [1.807, 2.05) is 32.0 Å². The minimum atomic E-state index is -0.378. The van der Waals surface area contributed by atoms with Crippen molar-refractivity contribution in [1.82, 2.24) is 5.32 Å². The van der Waals surface area contributed by atoms with Crippen molar-refractivity contribution >= 4 is 23.6 Å². The number of hydrogen-bond donors (Lipinski definition) is 2. The molecule has 1 rings (SSSR count). The molecule has 0 aliphatic carbocycles. The first-order valence-electron chi connectivity index (χ1n) is 6.36. The molecule has 2 N–H and O–H groups in total. The number of hydrogen-bond acceptors (Lipinski definition) is 2. The number of halogens is 1. The maximum absolute atomic E-state index is 11.9. The molecule has 1 amide bonds. The van der Waals surface area contributed by atoms with Gasteiger partial charge in [0.1, 0.15) is 0 Å². The summed E-state index contributed by atoms with van der Waals surface area (Å²) in [4.78, 5) is 11.9. The molecule has 104 valence electrons. The summed E-state index contributed by atoms with van der Waals surface area (Å²) in [6.07, 6.45) is 4.45. The van der Waals surface area contributed by atoms with Crippen LogP contribution in [0.3, 0.4) is 0 Å². The average Bonchev–Trinajstić information content (AvgIpc) is 2.38. The highest BCUT2D eigenvalue weighted by Gasteiger charge is 2.22. The topological polar surface area (TPSA) is 49.3 Å². The molecule has 1 aromatic rings. The van der Waals surface area contributed by atoms with Crippen LogP contribution in [0.25, 0.3) is 6.08 Å². The van der Waals surface area contributed by atoms with Gasteiger partial charge in [-0.15, -0.1) is 0 Å². The summed E-state index contributed by atoms with van der Waals surface area (Å²) in [7, 11) is 0. The summed E-state index contributed by atoms with van der Waals surface area (Å²) in [6, 6.07) is 7.33. The zero-order chi connectivity index (χ0) is 14.3. The van der Waals surface area contributed by atoms with E-state index in [-0.39, 0.29) is 18.1 Å². The number of benzene rings is 1. The van der Waals surface area contributed by atoms with Crippen LogP contribution in [0.4, 0.5) is 0 Å². The Morgan fingerprint density at radius 1 is 1.47 bits per heavy atom. The smallest absolute Gasteiger partial charge is 0.244 e. The van der Waals surface area contributed by atoms with E-state index < -0.39 is 0 Å². The predicted molar refractivity (Wildman–Crippen MR) is 79.0 cm³/mol. The van der Waals surface area contributed by atoms with Gasteiger partial charge < -0.3 is 10.4 Å². The standard InChI is InChI=1S/C15H20ClNO2/c1-3-15(2,10-11-18)17-14(19)9-8-12-6-4-5-7-13(12)16/h4-9,18H,3,10-11H2,1-2H3,(H,17,19)/b9-8+. The molecule has 0 aliphatic rings. The minimum absolute atomic E-state index is 0.0544. The zero-order valence-corrected chi connectivity index (χ0v) is 12.1. The van der Waals surface area contributed by atoms with Crippen molar-refractivity contribution in [2.45, 2.75) is 32.2 Å². The maximum Gasteiger partial charge on any atom is 0.244 e. The molecular weight excluding hydrogens is 262 g/mol. The molecule has 19 heavy (non-hydrogen) atoms.